The first kappa shape index (κ1) is 18.1. The summed E-state index contributed by atoms with van der Waals surface area (Å²) in [6.45, 7) is 1.75. The van der Waals surface area contributed by atoms with Gasteiger partial charge in [0.15, 0.2) is 18.1 Å². The number of amides is 2. The van der Waals surface area contributed by atoms with Gasteiger partial charge in [0.2, 0.25) is 5.91 Å². The fourth-order valence-electron chi connectivity index (χ4n) is 2.05. The second-order valence-electron chi connectivity index (χ2n) is 5.35. The van der Waals surface area contributed by atoms with E-state index in [4.69, 9.17) is 15.2 Å². The van der Waals surface area contributed by atoms with Crippen LogP contribution in [0.5, 0.6) is 11.5 Å². The van der Waals surface area contributed by atoms with Crippen LogP contribution >= 0.6 is 0 Å². The molecule has 6 nitrogen and oxygen atoms in total. The lowest BCUT2D eigenvalue weighted by atomic mass is 10.2. The van der Waals surface area contributed by atoms with Crippen LogP contribution in [0.15, 0.2) is 48.5 Å². The summed E-state index contributed by atoms with van der Waals surface area (Å²) in [5.74, 6) is 0.0422. The summed E-state index contributed by atoms with van der Waals surface area (Å²) in [4.78, 5) is 22.8. The highest BCUT2D eigenvalue weighted by Gasteiger charge is 2.06. The molecule has 0 aliphatic heterocycles. The first-order valence-corrected chi connectivity index (χ1v) is 7.63. The molecular formula is C19H20N2O4. The molecule has 0 aliphatic carbocycles. The number of nitrogens with one attached hydrogen (secondary N) is 1. The molecular weight excluding hydrogens is 320 g/mol. The van der Waals surface area contributed by atoms with Crippen molar-refractivity contribution in [1.29, 1.82) is 0 Å². The molecule has 25 heavy (non-hydrogen) atoms. The third-order valence-electron chi connectivity index (χ3n) is 3.30. The Hall–Kier alpha value is -3.28. The van der Waals surface area contributed by atoms with Gasteiger partial charge in [-0.05, 0) is 42.8 Å². The molecule has 0 bridgehead atoms. The summed E-state index contributed by atoms with van der Waals surface area (Å²) >= 11 is 0. The van der Waals surface area contributed by atoms with E-state index in [1.165, 1.54) is 13.2 Å². The number of ether oxygens (including phenoxy) is 2. The SMILES string of the molecule is COc1cc(C=CC(=O)Nc2ccc(C)cc2)ccc1OCC(N)=O. The maximum absolute atomic E-state index is 12.0. The summed E-state index contributed by atoms with van der Waals surface area (Å²) in [6.07, 6.45) is 3.09. The Bertz CT molecular complexity index is 783. The Morgan fingerprint density at radius 2 is 1.84 bits per heavy atom. The third kappa shape index (κ3) is 5.69. The first-order valence-electron chi connectivity index (χ1n) is 7.63. The number of primary amides is 1. The number of hydrogen-bond donors (Lipinski definition) is 2. The maximum Gasteiger partial charge on any atom is 0.255 e. The van der Waals surface area contributed by atoms with Gasteiger partial charge in [0.1, 0.15) is 0 Å². The van der Waals surface area contributed by atoms with Crippen molar-refractivity contribution in [2.75, 3.05) is 19.0 Å². The molecule has 3 N–H and O–H groups in total. The van der Waals surface area contributed by atoms with E-state index < -0.39 is 5.91 Å². The van der Waals surface area contributed by atoms with E-state index in [1.54, 1.807) is 24.3 Å². The first-order chi connectivity index (χ1) is 12.0. The number of aryl methyl sites for hydroxylation is 1. The molecule has 0 saturated carbocycles. The molecule has 2 amide bonds. The summed E-state index contributed by atoms with van der Waals surface area (Å²) in [7, 11) is 1.49. The fourth-order valence-corrected chi connectivity index (χ4v) is 2.05. The van der Waals surface area contributed by atoms with E-state index in [9.17, 15) is 9.59 Å². The lowest BCUT2D eigenvalue weighted by Crippen LogP contribution is -2.20. The van der Waals surface area contributed by atoms with Crippen molar-refractivity contribution in [2.24, 2.45) is 5.73 Å². The van der Waals surface area contributed by atoms with Crippen LogP contribution in [0.4, 0.5) is 5.69 Å². The molecule has 0 aliphatic rings. The van der Waals surface area contributed by atoms with Crippen LogP contribution in [0.1, 0.15) is 11.1 Å². The van der Waals surface area contributed by atoms with Crippen LogP contribution in [0.3, 0.4) is 0 Å². The molecule has 2 rings (SSSR count). The van der Waals surface area contributed by atoms with Gasteiger partial charge in [-0.15, -0.1) is 0 Å². The second-order valence-corrected chi connectivity index (χ2v) is 5.35. The van der Waals surface area contributed by atoms with Gasteiger partial charge in [-0.25, -0.2) is 0 Å². The average Bonchev–Trinajstić information content (AvgIpc) is 2.60. The minimum atomic E-state index is -0.571. The molecule has 2 aromatic rings. The van der Waals surface area contributed by atoms with Crippen molar-refractivity contribution >= 4 is 23.6 Å². The molecule has 0 aromatic heterocycles. The van der Waals surface area contributed by atoms with Crippen LogP contribution < -0.4 is 20.5 Å². The quantitative estimate of drug-likeness (QED) is 0.758. The van der Waals surface area contributed by atoms with Crippen LogP contribution in [0.25, 0.3) is 6.08 Å². The maximum atomic E-state index is 12.0. The monoisotopic (exact) mass is 340 g/mol. The van der Waals surface area contributed by atoms with Crippen molar-refractivity contribution in [2.45, 2.75) is 6.92 Å². The molecule has 0 spiro atoms. The molecule has 6 heteroatoms. The smallest absolute Gasteiger partial charge is 0.255 e. The Kier molecular flexibility index (Phi) is 6.17. The summed E-state index contributed by atoms with van der Waals surface area (Å²) in [5.41, 5.74) is 7.66. The number of anilines is 1. The zero-order chi connectivity index (χ0) is 18.2. The van der Waals surface area contributed by atoms with Gasteiger partial charge >= 0.3 is 0 Å². The Morgan fingerprint density at radius 1 is 1.12 bits per heavy atom. The highest BCUT2D eigenvalue weighted by Crippen LogP contribution is 2.28. The van der Waals surface area contributed by atoms with E-state index >= 15 is 0 Å². The molecule has 2 aromatic carbocycles. The number of carbonyl (C=O) groups is 2. The van der Waals surface area contributed by atoms with Crippen molar-refractivity contribution in [3.8, 4) is 11.5 Å². The standard InChI is InChI=1S/C19H20N2O4/c1-13-3-7-15(8-4-13)21-19(23)10-6-14-5-9-16(17(11-14)24-2)25-12-18(20)22/h3-11H,12H2,1-2H3,(H2,20,22)(H,21,23). The molecule has 0 unspecified atom stereocenters. The lowest BCUT2D eigenvalue weighted by molar-refractivity contribution is -0.120. The number of methoxy groups -OCH3 is 1. The molecule has 0 fully saturated rings. The van der Waals surface area contributed by atoms with E-state index in [0.29, 0.717) is 11.5 Å². The topological polar surface area (TPSA) is 90.7 Å². The van der Waals surface area contributed by atoms with Gasteiger partial charge in [0.05, 0.1) is 7.11 Å². The molecule has 0 atom stereocenters. The zero-order valence-electron chi connectivity index (χ0n) is 14.1. The molecule has 0 radical (unpaired) electrons. The molecule has 0 saturated heterocycles. The predicted octanol–water partition coefficient (Wildman–Crippen LogP) is 2.52. The van der Waals surface area contributed by atoms with Gasteiger partial charge in [0.25, 0.3) is 5.91 Å². The Labute approximate surface area is 146 Å². The van der Waals surface area contributed by atoms with E-state index in [2.05, 4.69) is 5.32 Å². The number of nitrogens with two attached hydrogens (primary N) is 1. The van der Waals surface area contributed by atoms with Gasteiger partial charge in [-0.3, -0.25) is 9.59 Å². The average molecular weight is 340 g/mol. The van der Waals surface area contributed by atoms with E-state index in [0.717, 1.165) is 16.8 Å². The minimum absolute atomic E-state index is 0.232. The highest BCUT2D eigenvalue weighted by atomic mass is 16.5. The summed E-state index contributed by atoms with van der Waals surface area (Å²) in [6, 6.07) is 12.6. The van der Waals surface area contributed by atoms with E-state index in [1.807, 2.05) is 31.2 Å². The largest absolute Gasteiger partial charge is 0.493 e. The Balaban J connectivity index is 2.03. The zero-order valence-corrected chi connectivity index (χ0v) is 14.1. The van der Waals surface area contributed by atoms with Crippen LogP contribution in [-0.2, 0) is 9.59 Å². The van der Waals surface area contributed by atoms with Gasteiger partial charge < -0.3 is 20.5 Å². The number of hydrogen-bond acceptors (Lipinski definition) is 4. The second kappa shape index (κ2) is 8.54. The van der Waals surface area contributed by atoms with Crippen molar-refractivity contribution in [1.82, 2.24) is 0 Å². The third-order valence-corrected chi connectivity index (χ3v) is 3.30. The predicted molar refractivity (Wildman–Crippen MR) is 96.5 cm³/mol. The van der Waals surface area contributed by atoms with Gasteiger partial charge in [0, 0.05) is 11.8 Å². The number of rotatable bonds is 7. The Morgan fingerprint density at radius 3 is 2.48 bits per heavy atom. The molecule has 130 valence electrons. The lowest BCUT2D eigenvalue weighted by Gasteiger charge is -2.10. The van der Waals surface area contributed by atoms with Crippen molar-refractivity contribution in [3.63, 3.8) is 0 Å². The van der Waals surface area contributed by atoms with Crippen molar-refractivity contribution in [3.05, 3.63) is 59.7 Å². The van der Waals surface area contributed by atoms with Crippen molar-refractivity contribution < 1.29 is 19.1 Å². The summed E-state index contributed by atoms with van der Waals surface area (Å²) < 4.78 is 10.5. The number of benzene rings is 2. The normalized spacial score (nSPS) is 10.5. The molecule has 0 heterocycles. The minimum Gasteiger partial charge on any atom is -0.493 e. The number of carbonyl (C=O) groups excluding carboxylic acids is 2. The van der Waals surface area contributed by atoms with Gasteiger partial charge in [-0.1, -0.05) is 23.8 Å². The van der Waals surface area contributed by atoms with Crippen LogP contribution in [0.2, 0.25) is 0 Å². The van der Waals surface area contributed by atoms with Gasteiger partial charge in [-0.2, -0.15) is 0 Å². The summed E-state index contributed by atoms with van der Waals surface area (Å²) in [5, 5.41) is 2.78. The highest BCUT2D eigenvalue weighted by molar-refractivity contribution is 6.01. The fraction of sp³-hybridized carbons (Fsp3) is 0.158. The van der Waals surface area contributed by atoms with Crippen LogP contribution in [-0.4, -0.2) is 25.5 Å². The van der Waals surface area contributed by atoms with Crippen LogP contribution in [0, 0.1) is 6.92 Å². The van der Waals surface area contributed by atoms with E-state index in [-0.39, 0.29) is 12.5 Å².